The van der Waals surface area contributed by atoms with E-state index < -0.39 is 5.67 Å². The van der Waals surface area contributed by atoms with Crippen LogP contribution in [0.15, 0.2) is 18.3 Å². The number of pyridine rings is 1. The van der Waals surface area contributed by atoms with E-state index in [4.69, 9.17) is 0 Å². The van der Waals surface area contributed by atoms with Crippen LogP contribution in [0, 0.1) is 6.92 Å². The summed E-state index contributed by atoms with van der Waals surface area (Å²) in [4.78, 5) is 6.66. The van der Waals surface area contributed by atoms with Crippen molar-refractivity contribution in [2.75, 3.05) is 19.6 Å². The van der Waals surface area contributed by atoms with Gasteiger partial charge in [-0.05, 0) is 76.7 Å². The third kappa shape index (κ3) is 4.37. The van der Waals surface area contributed by atoms with Gasteiger partial charge in [0.15, 0.2) is 0 Å². The van der Waals surface area contributed by atoms with Crippen molar-refractivity contribution >= 4 is 6.08 Å². The average Bonchev–Trinajstić information content (AvgIpc) is 2.40. The first-order valence-electron chi connectivity index (χ1n) is 7.90. The molecule has 0 atom stereocenters. The van der Waals surface area contributed by atoms with E-state index >= 15 is 0 Å². The summed E-state index contributed by atoms with van der Waals surface area (Å²) in [5.41, 5.74) is 2.66. The molecule has 21 heavy (non-hydrogen) atoms. The molecule has 2 nitrogen and oxygen atoms in total. The van der Waals surface area contributed by atoms with Gasteiger partial charge in [0.25, 0.3) is 0 Å². The molecule has 0 unspecified atom stereocenters. The van der Waals surface area contributed by atoms with Crippen LogP contribution in [0.5, 0.6) is 0 Å². The lowest BCUT2D eigenvalue weighted by Crippen LogP contribution is -2.40. The highest BCUT2D eigenvalue weighted by molar-refractivity contribution is 5.56. The van der Waals surface area contributed by atoms with Gasteiger partial charge in [-0.1, -0.05) is 12.2 Å². The van der Waals surface area contributed by atoms with Gasteiger partial charge in [0.05, 0.1) is 0 Å². The van der Waals surface area contributed by atoms with Crippen LogP contribution in [-0.2, 0) is 0 Å². The number of rotatable bonds is 4. The Kier molecular flexibility index (Phi) is 5.15. The molecule has 1 aromatic heterocycles. The van der Waals surface area contributed by atoms with Crippen LogP contribution in [0.25, 0.3) is 6.08 Å². The third-order valence-corrected chi connectivity index (χ3v) is 4.18. The molecule has 0 radical (unpaired) electrons. The molecular formula is C18H27FN2. The van der Waals surface area contributed by atoms with Crippen molar-refractivity contribution in [1.82, 2.24) is 9.88 Å². The van der Waals surface area contributed by atoms with Crippen molar-refractivity contribution in [1.29, 1.82) is 0 Å². The summed E-state index contributed by atoms with van der Waals surface area (Å²) in [6.45, 7) is 9.94. The van der Waals surface area contributed by atoms with Gasteiger partial charge in [-0.2, -0.15) is 0 Å². The Morgan fingerprint density at radius 1 is 1.38 bits per heavy atom. The second-order valence-electron chi connectivity index (χ2n) is 6.67. The highest BCUT2D eigenvalue weighted by Gasteiger charge is 2.26. The van der Waals surface area contributed by atoms with E-state index in [1.807, 2.05) is 13.1 Å². The minimum Gasteiger partial charge on any atom is -0.300 e. The quantitative estimate of drug-likeness (QED) is 0.819. The van der Waals surface area contributed by atoms with Gasteiger partial charge in [-0.25, -0.2) is 4.39 Å². The van der Waals surface area contributed by atoms with E-state index in [1.165, 1.54) is 11.1 Å². The van der Waals surface area contributed by atoms with Crippen LogP contribution in [0.2, 0.25) is 0 Å². The fraction of sp³-hybridized carbons (Fsp3) is 0.611. The van der Waals surface area contributed by atoms with Gasteiger partial charge >= 0.3 is 0 Å². The Morgan fingerprint density at radius 2 is 2.05 bits per heavy atom. The van der Waals surface area contributed by atoms with Crippen LogP contribution in [-0.4, -0.2) is 35.2 Å². The lowest BCUT2D eigenvalue weighted by atomic mass is 9.86. The molecule has 1 saturated heterocycles. The maximum atomic E-state index is 13.8. The molecule has 1 aliphatic rings. The van der Waals surface area contributed by atoms with Crippen LogP contribution in [0.3, 0.4) is 0 Å². The zero-order valence-corrected chi connectivity index (χ0v) is 13.7. The van der Waals surface area contributed by atoms with Crippen molar-refractivity contribution in [2.24, 2.45) is 0 Å². The molecule has 0 aliphatic carbocycles. The van der Waals surface area contributed by atoms with Gasteiger partial charge in [0, 0.05) is 18.4 Å². The molecule has 1 aliphatic heterocycles. The van der Waals surface area contributed by atoms with Gasteiger partial charge in [0.1, 0.15) is 5.67 Å². The molecule has 2 rings (SSSR count). The number of allylic oxidation sites excluding steroid dienone is 1. The normalized spacial score (nSPS) is 18.5. The summed E-state index contributed by atoms with van der Waals surface area (Å²) in [7, 11) is 0. The highest BCUT2D eigenvalue weighted by Crippen LogP contribution is 2.32. The smallest absolute Gasteiger partial charge is 0.118 e. The molecule has 0 spiro atoms. The number of aryl methyl sites for hydroxylation is 1. The van der Waals surface area contributed by atoms with Gasteiger partial charge in [-0.3, -0.25) is 4.98 Å². The minimum atomic E-state index is -1.10. The zero-order chi connectivity index (χ0) is 15.5. The van der Waals surface area contributed by atoms with Crippen molar-refractivity contribution < 1.29 is 4.39 Å². The Morgan fingerprint density at radius 3 is 2.62 bits per heavy atom. The number of likely N-dealkylation sites (tertiary alicyclic amines) is 1. The SMILES string of the molecule is C/C=C\c1c(C2CCN(CC(C)(C)F)CC2)ccnc1C. The molecule has 0 saturated carbocycles. The van der Waals surface area contributed by atoms with Crippen LogP contribution in [0.1, 0.15) is 56.4 Å². The van der Waals surface area contributed by atoms with Gasteiger partial charge in [0.2, 0.25) is 0 Å². The van der Waals surface area contributed by atoms with E-state index in [2.05, 4.69) is 35.0 Å². The fourth-order valence-corrected chi connectivity index (χ4v) is 3.27. The largest absolute Gasteiger partial charge is 0.300 e. The number of aromatic nitrogens is 1. The molecule has 3 heteroatoms. The lowest BCUT2D eigenvalue weighted by Gasteiger charge is -2.35. The first kappa shape index (κ1) is 16.2. The predicted molar refractivity (Wildman–Crippen MR) is 87.3 cm³/mol. The summed E-state index contributed by atoms with van der Waals surface area (Å²) in [5, 5.41) is 0. The second kappa shape index (κ2) is 6.69. The number of piperidine rings is 1. The molecule has 0 bridgehead atoms. The third-order valence-electron chi connectivity index (χ3n) is 4.18. The fourth-order valence-electron chi connectivity index (χ4n) is 3.27. The monoisotopic (exact) mass is 290 g/mol. The summed E-state index contributed by atoms with van der Waals surface area (Å²) in [5.74, 6) is 0.567. The molecule has 116 valence electrons. The molecule has 0 N–H and O–H groups in total. The van der Waals surface area contributed by atoms with E-state index in [0.717, 1.165) is 31.6 Å². The first-order chi connectivity index (χ1) is 9.90. The lowest BCUT2D eigenvalue weighted by molar-refractivity contribution is 0.106. The molecule has 0 amide bonds. The number of hydrogen-bond donors (Lipinski definition) is 0. The topological polar surface area (TPSA) is 16.1 Å². The Hall–Kier alpha value is -1.22. The maximum Gasteiger partial charge on any atom is 0.118 e. The number of halogens is 1. The summed E-state index contributed by atoms with van der Waals surface area (Å²) in [6, 6.07) is 2.15. The second-order valence-corrected chi connectivity index (χ2v) is 6.67. The van der Waals surface area contributed by atoms with Crippen molar-refractivity contribution in [2.45, 2.75) is 52.1 Å². The summed E-state index contributed by atoms with van der Waals surface area (Å²) < 4.78 is 13.8. The molecular weight excluding hydrogens is 263 g/mol. The summed E-state index contributed by atoms with van der Waals surface area (Å²) in [6.07, 6.45) is 8.35. The zero-order valence-electron chi connectivity index (χ0n) is 13.7. The van der Waals surface area contributed by atoms with Gasteiger partial charge < -0.3 is 4.90 Å². The van der Waals surface area contributed by atoms with E-state index in [0.29, 0.717) is 12.5 Å². The molecule has 1 fully saturated rings. The number of hydrogen-bond acceptors (Lipinski definition) is 2. The van der Waals surface area contributed by atoms with Gasteiger partial charge in [-0.15, -0.1) is 0 Å². The van der Waals surface area contributed by atoms with Crippen molar-refractivity contribution in [3.05, 3.63) is 35.2 Å². The predicted octanol–water partition coefficient (Wildman–Crippen LogP) is 4.35. The standard InChI is InChI=1S/C18H27FN2/c1-5-6-16-14(2)20-10-7-17(16)15-8-11-21(12-9-15)13-18(3,4)19/h5-7,10,15H,8-9,11-13H2,1-4H3/b6-5-. The highest BCUT2D eigenvalue weighted by atomic mass is 19.1. The Bertz CT molecular complexity index is 494. The number of alkyl halides is 1. The Labute approximate surface area is 128 Å². The first-order valence-corrected chi connectivity index (χ1v) is 7.90. The van der Waals surface area contributed by atoms with Crippen LogP contribution in [0.4, 0.5) is 4.39 Å². The molecule has 2 heterocycles. The molecule has 0 aromatic carbocycles. The van der Waals surface area contributed by atoms with E-state index in [9.17, 15) is 4.39 Å². The minimum absolute atomic E-state index is 0.539. The average molecular weight is 290 g/mol. The van der Waals surface area contributed by atoms with Crippen LogP contribution >= 0.6 is 0 Å². The Balaban J connectivity index is 2.07. The summed E-state index contributed by atoms with van der Waals surface area (Å²) >= 11 is 0. The van der Waals surface area contributed by atoms with Crippen molar-refractivity contribution in [3.63, 3.8) is 0 Å². The van der Waals surface area contributed by atoms with Crippen molar-refractivity contribution in [3.8, 4) is 0 Å². The van der Waals surface area contributed by atoms with E-state index in [-0.39, 0.29) is 0 Å². The maximum absolute atomic E-state index is 13.8. The van der Waals surface area contributed by atoms with Crippen LogP contribution < -0.4 is 0 Å². The van der Waals surface area contributed by atoms with E-state index in [1.54, 1.807) is 13.8 Å². The molecule has 1 aromatic rings. The number of nitrogens with zero attached hydrogens (tertiary/aromatic N) is 2.